The second kappa shape index (κ2) is 4.97. The zero-order valence-electron chi connectivity index (χ0n) is 9.56. The first-order valence-corrected chi connectivity index (χ1v) is 5.43. The molecule has 0 fully saturated rings. The number of nitrogens with zero attached hydrogens (tertiary/aromatic N) is 1. The highest BCUT2D eigenvalue weighted by atomic mass is 32.1. The van der Waals surface area contributed by atoms with Crippen molar-refractivity contribution in [1.82, 2.24) is 10.2 Å². The van der Waals surface area contributed by atoms with Gasteiger partial charge in [-0.05, 0) is 30.3 Å². The molecule has 0 unspecified atom stereocenters. The molecule has 1 aromatic carbocycles. The van der Waals surface area contributed by atoms with Gasteiger partial charge in [0.2, 0.25) is 0 Å². The van der Waals surface area contributed by atoms with Crippen LogP contribution in [0.25, 0.3) is 11.3 Å². The maximum Gasteiger partial charge on any atom is 0.161 e. The summed E-state index contributed by atoms with van der Waals surface area (Å²) in [5, 5.41) is 6.91. The van der Waals surface area contributed by atoms with Crippen molar-refractivity contribution < 1.29 is 9.47 Å². The summed E-state index contributed by atoms with van der Waals surface area (Å²) in [6, 6.07) is 9.30. The summed E-state index contributed by atoms with van der Waals surface area (Å²) in [7, 11) is 3.21. The fourth-order valence-corrected chi connectivity index (χ4v) is 1.61. The van der Waals surface area contributed by atoms with Crippen molar-refractivity contribution in [2.45, 2.75) is 0 Å². The van der Waals surface area contributed by atoms with Crippen LogP contribution in [0.3, 0.4) is 0 Å². The molecule has 2 rings (SSSR count). The summed E-state index contributed by atoms with van der Waals surface area (Å²) in [4.78, 5) is 0. The lowest BCUT2D eigenvalue weighted by Gasteiger charge is -2.08. The smallest absolute Gasteiger partial charge is 0.161 e. The predicted molar refractivity (Wildman–Crippen MR) is 68.0 cm³/mol. The molecule has 1 aromatic heterocycles. The summed E-state index contributed by atoms with van der Waals surface area (Å²) < 4.78 is 11.0. The normalized spacial score (nSPS) is 10.0. The Balaban J connectivity index is 2.46. The van der Waals surface area contributed by atoms with Crippen molar-refractivity contribution >= 4 is 12.2 Å². The number of methoxy groups -OCH3 is 2. The minimum atomic E-state index is 0.606. The van der Waals surface area contributed by atoms with Gasteiger partial charge in [-0.2, -0.15) is 5.10 Å². The van der Waals surface area contributed by atoms with Gasteiger partial charge in [0.25, 0.3) is 0 Å². The van der Waals surface area contributed by atoms with Gasteiger partial charge in [-0.3, -0.25) is 5.10 Å². The number of rotatable bonds is 3. The van der Waals surface area contributed by atoms with E-state index in [1.165, 1.54) is 0 Å². The maximum absolute atomic E-state index is 5.24. The molecule has 0 aliphatic rings. The standard InChI is InChI=1S/C12H12N2O2S/c1-15-10-5-3-8(7-11(10)16-2)9-4-6-12(17)14-13-9/h3-7H,1-2H3,(H,14,17). The van der Waals surface area contributed by atoms with Gasteiger partial charge in [0, 0.05) is 5.56 Å². The molecular weight excluding hydrogens is 236 g/mol. The number of hydrogen-bond acceptors (Lipinski definition) is 4. The number of aromatic amines is 1. The number of hydrogen-bond donors (Lipinski definition) is 1. The molecule has 1 N–H and O–H groups in total. The van der Waals surface area contributed by atoms with Crippen LogP contribution in [-0.4, -0.2) is 24.4 Å². The summed E-state index contributed by atoms with van der Waals surface area (Å²) in [5.74, 6) is 1.37. The molecule has 17 heavy (non-hydrogen) atoms. The van der Waals surface area contributed by atoms with Gasteiger partial charge in [-0.1, -0.05) is 12.2 Å². The van der Waals surface area contributed by atoms with Crippen LogP contribution in [0.4, 0.5) is 0 Å². The lowest BCUT2D eigenvalue weighted by molar-refractivity contribution is 0.355. The van der Waals surface area contributed by atoms with Crippen molar-refractivity contribution in [3.63, 3.8) is 0 Å². The van der Waals surface area contributed by atoms with Crippen molar-refractivity contribution in [3.05, 3.63) is 35.0 Å². The molecule has 0 saturated carbocycles. The van der Waals surface area contributed by atoms with Crippen molar-refractivity contribution in [2.75, 3.05) is 14.2 Å². The number of H-pyrrole nitrogens is 1. The lowest BCUT2D eigenvalue weighted by Crippen LogP contribution is -1.92. The van der Waals surface area contributed by atoms with E-state index in [1.54, 1.807) is 20.3 Å². The zero-order valence-corrected chi connectivity index (χ0v) is 10.4. The molecule has 0 atom stereocenters. The zero-order chi connectivity index (χ0) is 12.3. The Hall–Kier alpha value is -1.88. The Kier molecular flexibility index (Phi) is 3.39. The van der Waals surface area contributed by atoms with E-state index in [1.807, 2.05) is 24.3 Å². The molecule has 1 heterocycles. The SMILES string of the molecule is COc1ccc(-c2ccc(=S)[nH]n2)cc1OC. The largest absolute Gasteiger partial charge is 0.493 e. The molecule has 2 aromatic rings. The van der Waals surface area contributed by atoms with E-state index in [2.05, 4.69) is 10.2 Å². The summed E-state index contributed by atoms with van der Waals surface area (Å²) in [5.41, 5.74) is 1.74. The summed E-state index contributed by atoms with van der Waals surface area (Å²) in [6.45, 7) is 0. The fourth-order valence-electron chi connectivity index (χ4n) is 1.50. The van der Waals surface area contributed by atoms with Crippen LogP contribution in [0.2, 0.25) is 0 Å². The van der Waals surface area contributed by atoms with Crippen molar-refractivity contribution in [1.29, 1.82) is 0 Å². The summed E-state index contributed by atoms with van der Waals surface area (Å²) >= 11 is 4.95. The molecule has 0 bridgehead atoms. The third-order valence-corrected chi connectivity index (χ3v) is 2.59. The molecule has 0 saturated heterocycles. The Labute approximate surface area is 104 Å². The van der Waals surface area contributed by atoms with Gasteiger partial charge in [-0.25, -0.2) is 0 Å². The molecule has 0 amide bonds. The molecule has 5 heteroatoms. The van der Waals surface area contributed by atoms with Crippen molar-refractivity contribution in [2.24, 2.45) is 0 Å². The molecule has 0 spiro atoms. The van der Waals surface area contributed by atoms with Crippen LogP contribution < -0.4 is 9.47 Å². The minimum Gasteiger partial charge on any atom is -0.493 e. The first kappa shape index (κ1) is 11.6. The van der Waals surface area contributed by atoms with Crippen LogP contribution >= 0.6 is 12.2 Å². The fraction of sp³-hybridized carbons (Fsp3) is 0.167. The molecule has 0 radical (unpaired) electrons. The molecular formula is C12H12N2O2S. The van der Waals surface area contributed by atoms with E-state index in [9.17, 15) is 0 Å². The van der Waals surface area contributed by atoms with Gasteiger partial charge in [0.05, 0.1) is 19.9 Å². The highest BCUT2D eigenvalue weighted by molar-refractivity contribution is 7.71. The highest BCUT2D eigenvalue weighted by Gasteiger charge is 2.06. The van der Waals surface area contributed by atoms with E-state index < -0.39 is 0 Å². The van der Waals surface area contributed by atoms with Gasteiger partial charge < -0.3 is 9.47 Å². The van der Waals surface area contributed by atoms with Gasteiger partial charge in [0.1, 0.15) is 4.64 Å². The van der Waals surface area contributed by atoms with Crippen LogP contribution in [0.15, 0.2) is 30.3 Å². The van der Waals surface area contributed by atoms with Crippen LogP contribution in [-0.2, 0) is 0 Å². The topological polar surface area (TPSA) is 47.1 Å². The van der Waals surface area contributed by atoms with E-state index in [0.717, 1.165) is 11.3 Å². The van der Waals surface area contributed by atoms with E-state index in [4.69, 9.17) is 21.7 Å². The summed E-state index contributed by atoms with van der Waals surface area (Å²) in [6.07, 6.45) is 0. The van der Waals surface area contributed by atoms with E-state index in [-0.39, 0.29) is 0 Å². The first-order valence-electron chi connectivity index (χ1n) is 5.02. The number of benzene rings is 1. The minimum absolute atomic E-state index is 0.606. The average molecular weight is 248 g/mol. The highest BCUT2D eigenvalue weighted by Crippen LogP contribution is 2.31. The van der Waals surface area contributed by atoms with E-state index in [0.29, 0.717) is 16.1 Å². The first-order chi connectivity index (χ1) is 8.24. The van der Waals surface area contributed by atoms with Crippen LogP contribution in [0, 0.1) is 4.64 Å². The second-order valence-corrected chi connectivity index (χ2v) is 3.82. The molecule has 0 aliphatic heterocycles. The van der Waals surface area contributed by atoms with Gasteiger partial charge in [0.15, 0.2) is 11.5 Å². The molecule has 4 nitrogen and oxygen atoms in total. The predicted octanol–water partition coefficient (Wildman–Crippen LogP) is 2.82. The Morgan fingerprint density at radius 3 is 2.41 bits per heavy atom. The van der Waals surface area contributed by atoms with Gasteiger partial charge >= 0.3 is 0 Å². The van der Waals surface area contributed by atoms with Gasteiger partial charge in [-0.15, -0.1) is 0 Å². The molecule has 0 aliphatic carbocycles. The Morgan fingerprint density at radius 2 is 1.82 bits per heavy atom. The number of ether oxygens (including phenoxy) is 2. The number of nitrogens with one attached hydrogen (secondary N) is 1. The average Bonchev–Trinajstić information content (AvgIpc) is 2.39. The quantitative estimate of drug-likeness (QED) is 0.848. The monoisotopic (exact) mass is 248 g/mol. The third kappa shape index (κ3) is 2.45. The third-order valence-electron chi connectivity index (χ3n) is 2.36. The Morgan fingerprint density at radius 1 is 1.06 bits per heavy atom. The van der Waals surface area contributed by atoms with E-state index >= 15 is 0 Å². The number of aromatic nitrogens is 2. The second-order valence-electron chi connectivity index (χ2n) is 3.38. The maximum atomic E-state index is 5.24. The Bertz CT molecular complexity index is 560. The molecule has 88 valence electrons. The van der Waals surface area contributed by atoms with Crippen LogP contribution in [0.5, 0.6) is 11.5 Å². The van der Waals surface area contributed by atoms with Crippen LogP contribution in [0.1, 0.15) is 0 Å². The van der Waals surface area contributed by atoms with Crippen molar-refractivity contribution in [3.8, 4) is 22.8 Å². The lowest BCUT2D eigenvalue weighted by atomic mass is 10.1.